The number of carbonyl (C=O) groups is 3. The Balaban J connectivity index is 1.95. The standard InChI is InChI=1S/C17H19ClN4O7/c1-8(23)26-5-12-15(28-10(3)25)11(27-9(2)24)4-13(29-12)22-7-21-14-16(18)19-6-20-17(14)22/h6-7,11-13,15H,4-5H2,1-3H3. The number of ether oxygens (including phenoxy) is 4. The van der Waals surface area contributed by atoms with Gasteiger partial charge in [-0.2, -0.15) is 0 Å². The second-order valence-corrected chi connectivity index (χ2v) is 6.74. The molecular weight excluding hydrogens is 408 g/mol. The number of carbonyl (C=O) groups excluding carboxylic acids is 3. The zero-order chi connectivity index (χ0) is 21.1. The number of aromatic nitrogens is 4. The number of hydrogen-bond donors (Lipinski definition) is 0. The summed E-state index contributed by atoms with van der Waals surface area (Å²) in [6, 6.07) is 0. The lowest BCUT2D eigenvalue weighted by molar-refractivity contribution is -0.226. The number of fused-ring (bicyclic) bond motifs is 1. The maximum absolute atomic E-state index is 11.6. The third-order valence-electron chi connectivity index (χ3n) is 4.19. The van der Waals surface area contributed by atoms with Gasteiger partial charge in [0.05, 0.1) is 6.33 Å². The van der Waals surface area contributed by atoms with E-state index < -0.39 is 42.4 Å². The second kappa shape index (κ2) is 8.70. The molecule has 0 saturated carbocycles. The molecule has 0 aliphatic carbocycles. The van der Waals surface area contributed by atoms with E-state index in [4.69, 9.17) is 30.5 Å². The molecule has 0 aromatic carbocycles. The minimum atomic E-state index is -0.958. The van der Waals surface area contributed by atoms with Crippen LogP contribution < -0.4 is 0 Å². The molecule has 2 aromatic heterocycles. The Morgan fingerprint density at radius 2 is 1.86 bits per heavy atom. The topological polar surface area (TPSA) is 132 Å². The van der Waals surface area contributed by atoms with E-state index in [-0.39, 0.29) is 18.2 Å². The molecule has 3 heterocycles. The first-order chi connectivity index (χ1) is 13.8. The summed E-state index contributed by atoms with van der Waals surface area (Å²) >= 11 is 6.05. The quantitative estimate of drug-likeness (QED) is 0.390. The van der Waals surface area contributed by atoms with Crippen molar-refractivity contribution in [1.82, 2.24) is 19.5 Å². The number of hydrogen-bond acceptors (Lipinski definition) is 10. The van der Waals surface area contributed by atoms with Gasteiger partial charge in [0.15, 0.2) is 16.9 Å². The van der Waals surface area contributed by atoms with Crippen LogP contribution in [0.15, 0.2) is 12.7 Å². The fraction of sp³-hybridized carbons (Fsp3) is 0.529. The first kappa shape index (κ1) is 20.9. The van der Waals surface area contributed by atoms with Gasteiger partial charge in [0.25, 0.3) is 0 Å². The van der Waals surface area contributed by atoms with Crippen molar-refractivity contribution in [3.8, 4) is 0 Å². The highest BCUT2D eigenvalue weighted by molar-refractivity contribution is 6.33. The molecule has 156 valence electrons. The molecule has 4 atom stereocenters. The molecular formula is C17H19ClN4O7. The van der Waals surface area contributed by atoms with Gasteiger partial charge in [-0.15, -0.1) is 0 Å². The van der Waals surface area contributed by atoms with Crippen LogP contribution in [0, 0.1) is 0 Å². The third kappa shape index (κ3) is 4.80. The lowest BCUT2D eigenvalue weighted by atomic mass is 10.00. The maximum Gasteiger partial charge on any atom is 0.303 e. The fourth-order valence-corrected chi connectivity index (χ4v) is 3.30. The van der Waals surface area contributed by atoms with Gasteiger partial charge in [-0.25, -0.2) is 15.0 Å². The van der Waals surface area contributed by atoms with Crippen molar-refractivity contribution in [2.75, 3.05) is 6.61 Å². The molecule has 0 spiro atoms. The van der Waals surface area contributed by atoms with Crippen LogP contribution in [0.5, 0.6) is 0 Å². The van der Waals surface area contributed by atoms with Crippen LogP contribution in [-0.2, 0) is 33.3 Å². The fourth-order valence-electron chi connectivity index (χ4n) is 3.13. The van der Waals surface area contributed by atoms with Gasteiger partial charge < -0.3 is 18.9 Å². The average molecular weight is 427 g/mol. The van der Waals surface area contributed by atoms with Gasteiger partial charge in [-0.05, 0) is 0 Å². The van der Waals surface area contributed by atoms with E-state index in [2.05, 4.69) is 15.0 Å². The van der Waals surface area contributed by atoms with E-state index in [1.165, 1.54) is 33.4 Å². The van der Waals surface area contributed by atoms with E-state index in [0.717, 1.165) is 0 Å². The van der Waals surface area contributed by atoms with Crippen LogP contribution in [0.4, 0.5) is 0 Å². The smallest absolute Gasteiger partial charge is 0.303 e. The Hall–Kier alpha value is -2.79. The molecule has 0 bridgehead atoms. The predicted molar refractivity (Wildman–Crippen MR) is 96.6 cm³/mol. The summed E-state index contributed by atoms with van der Waals surface area (Å²) in [6.07, 6.45) is -0.502. The van der Waals surface area contributed by atoms with Gasteiger partial charge >= 0.3 is 17.9 Å². The zero-order valence-corrected chi connectivity index (χ0v) is 16.7. The molecule has 12 heteroatoms. The Morgan fingerprint density at radius 1 is 1.14 bits per heavy atom. The molecule has 0 amide bonds. The summed E-state index contributed by atoms with van der Waals surface area (Å²) in [7, 11) is 0. The Kier molecular flexibility index (Phi) is 6.28. The molecule has 1 saturated heterocycles. The third-order valence-corrected chi connectivity index (χ3v) is 4.47. The largest absolute Gasteiger partial charge is 0.463 e. The molecule has 1 fully saturated rings. The van der Waals surface area contributed by atoms with E-state index in [1.54, 1.807) is 4.57 Å². The normalized spacial score (nSPS) is 24.1. The molecule has 0 N–H and O–H groups in total. The van der Waals surface area contributed by atoms with Crippen molar-refractivity contribution in [2.24, 2.45) is 0 Å². The van der Waals surface area contributed by atoms with Gasteiger partial charge in [0.1, 0.15) is 36.9 Å². The van der Waals surface area contributed by atoms with Crippen LogP contribution >= 0.6 is 11.6 Å². The Bertz CT molecular complexity index is 934. The van der Waals surface area contributed by atoms with Crippen LogP contribution in [0.2, 0.25) is 5.15 Å². The molecule has 29 heavy (non-hydrogen) atoms. The highest BCUT2D eigenvalue weighted by Crippen LogP contribution is 2.34. The van der Waals surface area contributed by atoms with E-state index in [0.29, 0.717) is 11.2 Å². The summed E-state index contributed by atoms with van der Waals surface area (Å²) in [5.74, 6) is -1.68. The lowest BCUT2D eigenvalue weighted by Gasteiger charge is -2.40. The first-order valence-corrected chi connectivity index (χ1v) is 9.10. The highest BCUT2D eigenvalue weighted by Gasteiger charge is 2.44. The van der Waals surface area contributed by atoms with Crippen molar-refractivity contribution >= 4 is 40.7 Å². The summed E-state index contributed by atoms with van der Waals surface area (Å²) < 4.78 is 23.4. The van der Waals surface area contributed by atoms with Crippen molar-refractivity contribution in [3.05, 3.63) is 17.8 Å². The number of halogens is 1. The van der Waals surface area contributed by atoms with Crippen LogP contribution in [-0.4, -0.2) is 62.3 Å². The van der Waals surface area contributed by atoms with Crippen LogP contribution in [0.1, 0.15) is 33.4 Å². The molecule has 4 unspecified atom stereocenters. The monoisotopic (exact) mass is 426 g/mol. The molecule has 2 aromatic rings. The highest BCUT2D eigenvalue weighted by atomic mass is 35.5. The van der Waals surface area contributed by atoms with E-state index in [1.807, 2.05) is 0 Å². The Labute approximate surface area is 170 Å². The minimum Gasteiger partial charge on any atom is -0.463 e. The predicted octanol–water partition coefficient (Wildman–Crippen LogP) is 1.19. The second-order valence-electron chi connectivity index (χ2n) is 6.38. The SMILES string of the molecule is CC(=O)OCC1OC(n2cnc3c(Cl)ncnc32)CC(OC(C)=O)C1OC(C)=O. The molecule has 1 aliphatic rings. The van der Waals surface area contributed by atoms with Gasteiger partial charge in [0, 0.05) is 27.2 Å². The number of nitrogens with zero attached hydrogens (tertiary/aromatic N) is 4. The number of imidazole rings is 1. The van der Waals surface area contributed by atoms with Crippen LogP contribution in [0.3, 0.4) is 0 Å². The summed E-state index contributed by atoms with van der Waals surface area (Å²) in [5.41, 5.74) is 0.786. The maximum atomic E-state index is 11.6. The minimum absolute atomic E-state index is 0.140. The summed E-state index contributed by atoms with van der Waals surface area (Å²) in [6.45, 7) is 3.51. The van der Waals surface area contributed by atoms with Crippen LogP contribution in [0.25, 0.3) is 11.2 Å². The molecule has 3 rings (SSSR count). The van der Waals surface area contributed by atoms with Crippen molar-refractivity contribution < 1.29 is 33.3 Å². The Morgan fingerprint density at radius 3 is 2.52 bits per heavy atom. The zero-order valence-electron chi connectivity index (χ0n) is 15.9. The molecule has 1 aliphatic heterocycles. The molecule has 11 nitrogen and oxygen atoms in total. The molecule has 0 radical (unpaired) electrons. The van der Waals surface area contributed by atoms with Gasteiger partial charge in [0.2, 0.25) is 0 Å². The van der Waals surface area contributed by atoms with Gasteiger partial charge in [-0.1, -0.05) is 11.6 Å². The lowest BCUT2D eigenvalue weighted by Crippen LogP contribution is -2.52. The van der Waals surface area contributed by atoms with E-state index in [9.17, 15) is 14.4 Å². The summed E-state index contributed by atoms with van der Waals surface area (Å²) in [5, 5.41) is 0.176. The first-order valence-electron chi connectivity index (χ1n) is 8.72. The van der Waals surface area contributed by atoms with Gasteiger partial charge in [-0.3, -0.25) is 19.0 Å². The van der Waals surface area contributed by atoms with Crippen molar-refractivity contribution in [3.63, 3.8) is 0 Å². The van der Waals surface area contributed by atoms with E-state index >= 15 is 0 Å². The van der Waals surface area contributed by atoms with Crippen molar-refractivity contribution in [2.45, 2.75) is 51.7 Å². The average Bonchev–Trinajstić information content (AvgIpc) is 3.06. The summed E-state index contributed by atoms with van der Waals surface area (Å²) in [4.78, 5) is 46.7. The number of esters is 3. The number of rotatable bonds is 5. The van der Waals surface area contributed by atoms with Crippen molar-refractivity contribution in [1.29, 1.82) is 0 Å².